The smallest absolute Gasteiger partial charge is 0.153 e. The topological polar surface area (TPSA) is 71.0 Å². The van der Waals surface area contributed by atoms with Crippen LogP contribution in [0.15, 0.2) is 38.2 Å². The number of fused-ring (bicyclic) bond motifs is 1. The van der Waals surface area contributed by atoms with E-state index in [1.54, 1.807) is 18.2 Å². The zero-order valence-corrected chi connectivity index (χ0v) is 10.8. The summed E-state index contributed by atoms with van der Waals surface area (Å²) in [5.74, 6) is -0.00296. The maximum Gasteiger partial charge on any atom is 0.153 e. The highest BCUT2D eigenvalue weighted by Crippen LogP contribution is 2.42. The van der Waals surface area contributed by atoms with Crippen molar-refractivity contribution >= 4 is 47.4 Å². The number of hydrogen-bond donors (Lipinski definition) is 4. The maximum absolute atomic E-state index is 10.1. The summed E-state index contributed by atoms with van der Waals surface area (Å²) in [4.78, 5) is 1.28. The van der Waals surface area contributed by atoms with Gasteiger partial charge in [0.2, 0.25) is 0 Å². The van der Waals surface area contributed by atoms with Crippen molar-refractivity contribution < 1.29 is 5.11 Å². The van der Waals surface area contributed by atoms with E-state index in [9.17, 15) is 5.11 Å². The Morgan fingerprint density at radius 1 is 1.24 bits per heavy atom. The monoisotopic (exact) mass is 265 g/mol. The molecule has 0 radical (unpaired) electrons. The fourth-order valence-electron chi connectivity index (χ4n) is 1.67. The van der Waals surface area contributed by atoms with E-state index in [1.807, 2.05) is 0 Å². The van der Waals surface area contributed by atoms with Crippen LogP contribution in [0.3, 0.4) is 0 Å². The van der Waals surface area contributed by atoms with Crippen molar-refractivity contribution in [3.63, 3.8) is 0 Å². The minimum atomic E-state index is -0.00296. The van der Waals surface area contributed by atoms with E-state index in [4.69, 9.17) is 5.73 Å². The van der Waals surface area contributed by atoms with Gasteiger partial charge >= 0.3 is 0 Å². The van der Waals surface area contributed by atoms with Crippen LogP contribution in [0.5, 0.6) is 5.75 Å². The lowest BCUT2D eigenvalue weighted by atomic mass is 10.1. The number of azo groups is 1. The summed E-state index contributed by atoms with van der Waals surface area (Å²) in [6.07, 6.45) is 0. The molecule has 2 aromatic rings. The standard InChI is InChI=1S/C11H11N3OS2/c1-13-14-6-3-2-5-7(16)4-8(17)10(12)9(5)11(6)15/h2-4,15-17H,12H2,1H3/b14-13+. The normalized spacial score (nSPS) is 11.5. The summed E-state index contributed by atoms with van der Waals surface area (Å²) in [5.41, 5.74) is 6.69. The van der Waals surface area contributed by atoms with Crippen LogP contribution in [0.1, 0.15) is 0 Å². The lowest BCUT2D eigenvalue weighted by molar-refractivity contribution is 0.482. The molecule has 0 atom stereocenters. The molecule has 0 aromatic heterocycles. The number of thiol groups is 2. The summed E-state index contributed by atoms with van der Waals surface area (Å²) < 4.78 is 0. The van der Waals surface area contributed by atoms with Gasteiger partial charge < -0.3 is 10.8 Å². The summed E-state index contributed by atoms with van der Waals surface area (Å²) >= 11 is 8.57. The van der Waals surface area contributed by atoms with E-state index in [0.717, 1.165) is 5.39 Å². The van der Waals surface area contributed by atoms with Crippen LogP contribution in [-0.2, 0) is 0 Å². The third-order valence-electron chi connectivity index (χ3n) is 2.46. The first-order chi connectivity index (χ1) is 8.06. The van der Waals surface area contributed by atoms with Gasteiger partial charge in [-0.3, -0.25) is 0 Å². The second-order valence-electron chi connectivity index (χ2n) is 3.48. The lowest BCUT2D eigenvalue weighted by Gasteiger charge is -2.10. The Morgan fingerprint density at radius 3 is 2.59 bits per heavy atom. The zero-order valence-electron chi connectivity index (χ0n) is 9.05. The highest BCUT2D eigenvalue weighted by Gasteiger charge is 2.13. The van der Waals surface area contributed by atoms with Crippen LogP contribution < -0.4 is 5.73 Å². The third-order valence-corrected chi connectivity index (χ3v) is 3.20. The quantitative estimate of drug-likeness (QED) is 0.362. The van der Waals surface area contributed by atoms with Crippen LogP contribution in [0.2, 0.25) is 0 Å². The van der Waals surface area contributed by atoms with E-state index < -0.39 is 0 Å². The molecule has 2 aromatic carbocycles. The summed E-state index contributed by atoms with van der Waals surface area (Å²) in [6.45, 7) is 0. The van der Waals surface area contributed by atoms with E-state index in [0.29, 0.717) is 26.6 Å². The first-order valence-electron chi connectivity index (χ1n) is 4.82. The van der Waals surface area contributed by atoms with Crippen molar-refractivity contribution in [3.05, 3.63) is 18.2 Å². The zero-order chi connectivity index (χ0) is 12.6. The Morgan fingerprint density at radius 2 is 1.94 bits per heavy atom. The lowest BCUT2D eigenvalue weighted by Crippen LogP contribution is -1.91. The van der Waals surface area contributed by atoms with Gasteiger partial charge in [-0.25, -0.2) is 0 Å². The largest absolute Gasteiger partial charge is 0.505 e. The van der Waals surface area contributed by atoms with Crippen LogP contribution in [-0.4, -0.2) is 12.2 Å². The first kappa shape index (κ1) is 12.1. The molecule has 0 amide bonds. The molecule has 0 saturated heterocycles. The fourth-order valence-corrected chi connectivity index (χ4v) is 2.33. The van der Waals surface area contributed by atoms with E-state index in [2.05, 4.69) is 35.5 Å². The van der Waals surface area contributed by atoms with Crippen molar-refractivity contribution in [2.45, 2.75) is 9.79 Å². The number of nitrogens with zero attached hydrogens (tertiary/aromatic N) is 2. The average molecular weight is 265 g/mol. The van der Waals surface area contributed by atoms with Gasteiger partial charge in [0.25, 0.3) is 0 Å². The number of benzene rings is 2. The Kier molecular flexibility index (Phi) is 3.17. The van der Waals surface area contributed by atoms with Gasteiger partial charge in [-0.2, -0.15) is 10.2 Å². The van der Waals surface area contributed by atoms with Gasteiger partial charge in [0.1, 0.15) is 5.69 Å². The summed E-state index contributed by atoms with van der Waals surface area (Å²) in [6, 6.07) is 5.21. The maximum atomic E-state index is 10.1. The Hall–Kier alpha value is -1.40. The molecule has 2 rings (SSSR count). The molecule has 0 spiro atoms. The average Bonchev–Trinajstić information content (AvgIpc) is 2.29. The molecule has 3 N–H and O–H groups in total. The van der Waals surface area contributed by atoms with Crippen LogP contribution in [0.4, 0.5) is 11.4 Å². The number of nitrogens with two attached hydrogens (primary N) is 1. The Balaban J connectivity index is 2.93. The molecular weight excluding hydrogens is 254 g/mol. The van der Waals surface area contributed by atoms with Crippen molar-refractivity contribution in [2.75, 3.05) is 12.8 Å². The molecular formula is C11H11N3OS2. The third kappa shape index (κ3) is 1.94. The predicted octanol–water partition coefficient (Wildman–Crippen LogP) is 3.42. The number of phenols is 1. The first-order valence-corrected chi connectivity index (χ1v) is 5.71. The van der Waals surface area contributed by atoms with Gasteiger partial charge in [0.15, 0.2) is 5.75 Å². The van der Waals surface area contributed by atoms with Crippen molar-refractivity contribution in [2.24, 2.45) is 10.2 Å². The molecule has 0 aliphatic rings. The second-order valence-corrected chi connectivity index (χ2v) is 4.45. The van der Waals surface area contributed by atoms with Gasteiger partial charge in [0.05, 0.1) is 11.1 Å². The van der Waals surface area contributed by atoms with Crippen molar-refractivity contribution in [3.8, 4) is 5.75 Å². The highest BCUT2D eigenvalue weighted by atomic mass is 32.1. The van der Waals surface area contributed by atoms with Gasteiger partial charge in [-0.05, 0) is 12.1 Å². The predicted molar refractivity (Wildman–Crippen MR) is 75.0 cm³/mol. The molecule has 88 valence electrons. The number of anilines is 1. The molecule has 0 unspecified atom stereocenters. The minimum Gasteiger partial charge on any atom is -0.505 e. The molecule has 0 bridgehead atoms. The molecule has 0 heterocycles. The number of aromatic hydroxyl groups is 1. The number of hydrogen-bond acceptors (Lipinski definition) is 6. The van der Waals surface area contributed by atoms with Crippen LogP contribution in [0.25, 0.3) is 10.8 Å². The highest BCUT2D eigenvalue weighted by molar-refractivity contribution is 7.81. The van der Waals surface area contributed by atoms with Gasteiger partial charge in [-0.1, -0.05) is 6.07 Å². The van der Waals surface area contributed by atoms with E-state index >= 15 is 0 Å². The molecule has 4 nitrogen and oxygen atoms in total. The van der Waals surface area contributed by atoms with Crippen LogP contribution >= 0.6 is 25.3 Å². The summed E-state index contributed by atoms with van der Waals surface area (Å²) in [7, 11) is 1.53. The summed E-state index contributed by atoms with van der Waals surface area (Å²) in [5, 5.41) is 18.8. The second kappa shape index (κ2) is 4.46. The Labute approximate surface area is 109 Å². The van der Waals surface area contributed by atoms with E-state index in [1.165, 1.54) is 7.05 Å². The molecule has 0 fully saturated rings. The van der Waals surface area contributed by atoms with Gasteiger partial charge in [-0.15, -0.1) is 25.3 Å². The fraction of sp³-hybridized carbons (Fsp3) is 0.0909. The van der Waals surface area contributed by atoms with Crippen molar-refractivity contribution in [1.29, 1.82) is 0 Å². The van der Waals surface area contributed by atoms with Crippen molar-refractivity contribution in [1.82, 2.24) is 0 Å². The molecule has 17 heavy (non-hydrogen) atoms. The molecule has 0 saturated carbocycles. The number of phenolic OH excluding ortho intramolecular Hbond substituents is 1. The number of nitrogen functional groups attached to an aromatic ring is 1. The SMILES string of the molecule is C/N=N/c1ccc2c(S)cc(S)c(N)c2c1O. The van der Waals surface area contributed by atoms with Crippen LogP contribution in [0, 0.1) is 0 Å². The minimum absolute atomic E-state index is 0.00296. The molecule has 0 aliphatic carbocycles. The molecule has 0 aliphatic heterocycles. The molecule has 6 heteroatoms. The van der Waals surface area contributed by atoms with E-state index in [-0.39, 0.29) is 5.75 Å². The Bertz CT molecular complexity index is 626. The van der Waals surface area contributed by atoms with Gasteiger partial charge in [0, 0.05) is 22.2 Å². The number of rotatable bonds is 1.